The maximum absolute atomic E-state index is 12.2. The van der Waals surface area contributed by atoms with Crippen molar-refractivity contribution in [2.24, 2.45) is 0 Å². The molecule has 5 aromatic rings. The summed E-state index contributed by atoms with van der Waals surface area (Å²) in [6, 6.07) is 20.7. The van der Waals surface area contributed by atoms with Crippen molar-refractivity contribution in [1.29, 1.82) is 0 Å². The molecule has 0 radical (unpaired) electrons. The average Bonchev–Trinajstić information content (AvgIpc) is 3.23. The molecule has 0 aliphatic rings. The fourth-order valence-corrected chi connectivity index (χ4v) is 3.66. The molecule has 0 spiro atoms. The molecular formula is C25H19N3O3. The van der Waals surface area contributed by atoms with E-state index in [9.17, 15) is 9.90 Å². The number of ether oxygens (including phenoxy) is 1. The van der Waals surface area contributed by atoms with Crippen LogP contribution in [0, 0.1) is 6.92 Å². The van der Waals surface area contributed by atoms with Gasteiger partial charge in [0, 0.05) is 12.4 Å². The molecule has 31 heavy (non-hydrogen) atoms. The number of carbonyl (C=O) groups is 1. The maximum atomic E-state index is 12.2. The minimum atomic E-state index is -1.03. The molecule has 5 rings (SSSR count). The Morgan fingerprint density at radius 2 is 1.81 bits per heavy atom. The van der Waals surface area contributed by atoms with E-state index in [2.05, 4.69) is 4.98 Å². The predicted octanol–water partition coefficient (Wildman–Crippen LogP) is 5.14. The van der Waals surface area contributed by atoms with Gasteiger partial charge in [0.25, 0.3) is 0 Å². The van der Waals surface area contributed by atoms with Crippen molar-refractivity contribution < 1.29 is 14.6 Å². The molecule has 0 fully saturated rings. The lowest BCUT2D eigenvalue weighted by atomic mass is 10.0. The van der Waals surface area contributed by atoms with Crippen LogP contribution in [0.1, 0.15) is 21.5 Å². The number of carboxylic acid groups (broad SMARTS) is 1. The lowest BCUT2D eigenvalue weighted by Gasteiger charge is -2.14. The van der Waals surface area contributed by atoms with Gasteiger partial charge < -0.3 is 14.2 Å². The molecule has 6 nitrogen and oxygen atoms in total. The second-order valence-electron chi connectivity index (χ2n) is 7.33. The van der Waals surface area contributed by atoms with E-state index in [1.54, 1.807) is 12.1 Å². The monoisotopic (exact) mass is 409 g/mol. The Balaban J connectivity index is 1.65. The molecule has 0 unspecified atom stereocenters. The second kappa shape index (κ2) is 7.57. The SMILES string of the molecule is Cc1ccc(OCc2ccccc2)c2c(C(=O)O)cc(-c3cn4ccccc4n3)nc12. The Labute approximate surface area is 178 Å². The number of hydrogen-bond acceptors (Lipinski definition) is 4. The third kappa shape index (κ3) is 3.48. The molecular weight excluding hydrogens is 390 g/mol. The van der Waals surface area contributed by atoms with Crippen molar-refractivity contribution >= 4 is 22.5 Å². The first-order chi connectivity index (χ1) is 15.1. The molecule has 0 atom stereocenters. The summed E-state index contributed by atoms with van der Waals surface area (Å²) in [7, 11) is 0. The molecule has 1 N–H and O–H groups in total. The molecule has 3 aromatic heterocycles. The Bertz CT molecular complexity index is 1390. The number of rotatable bonds is 5. The van der Waals surface area contributed by atoms with Crippen LogP contribution in [0.5, 0.6) is 5.75 Å². The standard InChI is InChI=1S/C25H19N3O3/c1-16-10-11-21(31-15-17-7-3-2-4-8-17)23-18(25(29)30)13-19(27-24(16)23)20-14-28-12-6-5-9-22(28)26-20/h2-14H,15H2,1H3,(H,29,30). The highest BCUT2D eigenvalue weighted by atomic mass is 16.5. The summed E-state index contributed by atoms with van der Waals surface area (Å²) in [6.45, 7) is 2.25. The van der Waals surface area contributed by atoms with Gasteiger partial charge in [0.05, 0.1) is 22.2 Å². The van der Waals surface area contributed by atoms with Crippen LogP contribution in [0.15, 0.2) is 79.1 Å². The van der Waals surface area contributed by atoms with Gasteiger partial charge >= 0.3 is 5.97 Å². The zero-order valence-electron chi connectivity index (χ0n) is 16.8. The van der Waals surface area contributed by atoms with Gasteiger partial charge in [-0.1, -0.05) is 42.5 Å². The molecule has 0 bridgehead atoms. The van der Waals surface area contributed by atoms with Gasteiger partial charge in [-0.15, -0.1) is 0 Å². The van der Waals surface area contributed by atoms with Gasteiger partial charge in [0.1, 0.15) is 23.7 Å². The smallest absolute Gasteiger partial charge is 0.336 e. The molecule has 0 saturated heterocycles. The van der Waals surface area contributed by atoms with Gasteiger partial charge in [-0.2, -0.15) is 0 Å². The van der Waals surface area contributed by atoms with Crippen molar-refractivity contribution in [3.05, 3.63) is 95.8 Å². The Morgan fingerprint density at radius 1 is 1.00 bits per heavy atom. The van der Waals surface area contributed by atoms with Gasteiger partial charge in [0.2, 0.25) is 0 Å². The van der Waals surface area contributed by atoms with Crippen LogP contribution < -0.4 is 4.74 Å². The minimum Gasteiger partial charge on any atom is -0.488 e. The highest BCUT2D eigenvalue weighted by Gasteiger charge is 2.19. The van der Waals surface area contributed by atoms with Gasteiger partial charge in [-0.3, -0.25) is 0 Å². The van der Waals surface area contributed by atoms with Crippen LogP contribution >= 0.6 is 0 Å². The van der Waals surface area contributed by atoms with Crippen LogP contribution in [-0.4, -0.2) is 25.4 Å². The number of aromatic nitrogens is 3. The average molecular weight is 409 g/mol. The number of benzene rings is 2. The van der Waals surface area contributed by atoms with Crippen molar-refractivity contribution in [3.8, 4) is 17.1 Å². The normalized spacial score (nSPS) is 11.1. The highest BCUT2D eigenvalue weighted by molar-refractivity contribution is 6.07. The number of aryl methyl sites for hydroxylation is 1. The molecule has 0 saturated carbocycles. The minimum absolute atomic E-state index is 0.142. The molecule has 0 aliphatic carbocycles. The van der Waals surface area contributed by atoms with Gasteiger partial charge in [-0.05, 0) is 42.3 Å². The largest absolute Gasteiger partial charge is 0.488 e. The summed E-state index contributed by atoms with van der Waals surface area (Å²) >= 11 is 0. The molecule has 6 heteroatoms. The maximum Gasteiger partial charge on any atom is 0.336 e. The van der Waals surface area contributed by atoms with Crippen molar-refractivity contribution in [1.82, 2.24) is 14.4 Å². The molecule has 152 valence electrons. The quantitative estimate of drug-likeness (QED) is 0.435. The number of imidazole rings is 1. The van der Waals surface area contributed by atoms with Gasteiger partial charge in [-0.25, -0.2) is 14.8 Å². The fraction of sp³-hybridized carbons (Fsp3) is 0.0800. The van der Waals surface area contributed by atoms with Crippen LogP contribution in [0.3, 0.4) is 0 Å². The molecule has 0 amide bonds. The first-order valence-corrected chi connectivity index (χ1v) is 9.88. The number of pyridine rings is 2. The second-order valence-corrected chi connectivity index (χ2v) is 7.33. The van der Waals surface area contributed by atoms with E-state index in [1.165, 1.54) is 0 Å². The van der Waals surface area contributed by atoms with Crippen LogP contribution in [-0.2, 0) is 6.61 Å². The number of nitrogens with zero attached hydrogens (tertiary/aromatic N) is 3. The Kier molecular flexibility index (Phi) is 4.59. The predicted molar refractivity (Wildman–Crippen MR) is 118 cm³/mol. The third-order valence-corrected chi connectivity index (χ3v) is 5.22. The number of carboxylic acids is 1. The lowest BCUT2D eigenvalue weighted by Crippen LogP contribution is -2.04. The number of fused-ring (bicyclic) bond motifs is 2. The number of aromatic carboxylic acids is 1. The summed E-state index contributed by atoms with van der Waals surface area (Å²) in [4.78, 5) is 21.6. The summed E-state index contributed by atoms with van der Waals surface area (Å²) in [6.07, 6.45) is 3.74. The van der Waals surface area contributed by atoms with E-state index < -0.39 is 5.97 Å². The van der Waals surface area contributed by atoms with E-state index in [0.29, 0.717) is 34.6 Å². The molecule has 2 aromatic carbocycles. The lowest BCUT2D eigenvalue weighted by molar-refractivity contribution is 0.0698. The van der Waals surface area contributed by atoms with Crippen molar-refractivity contribution in [3.63, 3.8) is 0 Å². The topological polar surface area (TPSA) is 76.7 Å². The van der Waals surface area contributed by atoms with E-state index >= 15 is 0 Å². The fourth-order valence-electron chi connectivity index (χ4n) is 3.66. The van der Waals surface area contributed by atoms with Crippen LogP contribution in [0.25, 0.3) is 27.9 Å². The van der Waals surface area contributed by atoms with E-state index in [-0.39, 0.29) is 5.56 Å². The van der Waals surface area contributed by atoms with Crippen LogP contribution in [0.2, 0.25) is 0 Å². The summed E-state index contributed by atoms with van der Waals surface area (Å²) in [5.74, 6) is -0.538. The van der Waals surface area contributed by atoms with E-state index in [1.807, 2.05) is 78.3 Å². The summed E-state index contributed by atoms with van der Waals surface area (Å²) in [5, 5.41) is 10.5. The van der Waals surface area contributed by atoms with Crippen molar-refractivity contribution in [2.45, 2.75) is 13.5 Å². The van der Waals surface area contributed by atoms with Crippen molar-refractivity contribution in [2.75, 3.05) is 0 Å². The third-order valence-electron chi connectivity index (χ3n) is 5.22. The zero-order valence-corrected chi connectivity index (χ0v) is 16.8. The van der Waals surface area contributed by atoms with E-state index in [4.69, 9.17) is 9.72 Å². The van der Waals surface area contributed by atoms with Crippen LogP contribution in [0.4, 0.5) is 0 Å². The first-order valence-electron chi connectivity index (χ1n) is 9.88. The summed E-state index contributed by atoms with van der Waals surface area (Å²) < 4.78 is 7.90. The Morgan fingerprint density at radius 3 is 2.58 bits per heavy atom. The summed E-state index contributed by atoms with van der Waals surface area (Å²) in [5.41, 5.74) is 4.51. The number of hydrogen-bond donors (Lipinski definition) is 1. The highest BCUT2D eigenvalue weighted by Crippen LogP contribution is 2.34. The molecule has 3 heterocycles. The first kappa shape index (κ1) is 18.8. The van der Waals surface area contributed by atoms with E-state index in [0.717, 1.165) is 16.8 Å². The van der Waals surface area contributed by atoms with Gasteiger partial charge in [0.15, 0.2) is 0 Å². The molecule has 0 aliphatic heterocycles. The Hall–Kier alpha value is -4.19. The zero-order chi connectivity index (χ0) is 21.4.